The number of fused-ring (bicyclic) bond motifs is 2. The van der Waals surface area contributed by atoms with Crippen molar-refractivity contribution < 1.29 is 0 Å². The Morgan fingerprint density at radius 2 is 1.04 bits per heavy atom. The zero-order chi connectivity index (χ0) is 40.4. The van der Waals surface area contributed by atoms with Crippen molar-refractivity contribution in [3.63, 3.8) is 0 Å². The van der Waals surface area contributed by atoms with Crippen LogP contribution in [0.2, 0.25) is 10.0 Å². The fourth-order valence-corrected chi connectivity index (χ4v) is 9.88. The molecule has 0 N–H and O–H groups in total. The summed E-state index contributed by atoms with van der Waals surface area (Å²) in [5.41, 5.74) is 17.9. The topological polar surface area (TPSA) is 0 Å². The Kier molecular flexibility index (Phi) is 10.1. The predicted octanol–water partition coefficient (Wildman–Crippen LogP) is 13.8. The lowest BCUT2D eigenvalue weighted by Gasteiger charge is -2.31. The molecule has 0 nitrogen and oxygen atoms in total. The van der Waals surface area contributed by atoms with Crippen molar-refractivity contribution in [1.82, 2.24) is 0 Å². The molecule has 0 heterocycles. The fourth-order valence-electron chi connectivity index (χ4n) is 9.62. The molecule has 0 radical (unpaired) electrons. The maximum Gasteiger partial charge on any atom is 0.0406 e. The molecule has 2 aliphatic carbocycles. The SMILES string of the molecule is C=c1c(C(C)(C)C)c(-c2ccccc2C)c(C2C=CC=C2)c2c1=c1c(Cc3ccc(Cl)cc3)c(C(C)(C)C)c(-c3ccccc3C)c(Cc3ccc(Cl)cc3)c1=C2. The number of rotatable bonds is 7. The summed E-state index contributed by atoms with van der Waals surface area (Å²) >= 11 is 13.0. The highest BCUT2D eigenvalue weighted by molar-refractivity contribution is 6.30. The normalized spacial score (nSPS) is 13.6. The molecule has 2 aliphatic rings. The second-order valence-electron chi connectivity index (χ2n) is 18.1. The molecular formula is C55H52Cl2. The van der Waals surface area contributed by atoms with E-state index in [9.17, 15) is 0 Å². The summed E-state index contributed by atoms with van der Waals surface area (Å²) in [5.74, 6) is 0.123. The van der Waals surface area contributed by atoms with E-state index in [-0.39, 0.29) is 16.7 Å². The number of allylic oxidation sites excluding steroid dienone is 4. The number of hydrogen-bond acceptors (Lipinski definition) is 0. The zero-order valence-corrected chi connectivity index (χ0v) is 36.1. The summed E-state index contributed by atoms with van der Waals surface area (Å²) in [6.07, 6.45) is 13.2. The first-order chi connectivity index (χ1) is 27.1. The molecule has 286 valence electrons. The van der Waals surface area contributed by atoms with Crippen LogP contribution >= 0.6 is 23.2 Å². The molecule has 0 unspecified atom stereocenters. The monoisotopic (exact) mass is 782 g/mol. The maximum absolute atomic E-state index is 6.51. The standard InChI is InChI=1S/C55H52Cl2/c1-33-16-10-14-20-41(33)50-43(30-36-22-26-39(56)27-23-36)44-32-45-47(49(44)46(53(50)55(7,8)9)31-37-24-28-40(57)29-25-37)35(3)52(54(4,5)6)51(42-21-15-11-17-34(42)2)48(45)38-18-12-13-19-38/h10-29,32,38H,3,30-31H2,1-2,4-9H3. The molecule has 0 spiro atoms. The summed E-state index contributed by atoms with van der Waals surface area (Å²) in [7, 11) is 0. The van der Waals surface area contributed by atoms with E-state index in [2.05, 4.69) is 159 Å². The van der Waals surface area contributed by atoms with Gasteiger partial charge in [-0.15, -0.1) is 0 Å². The average molecular weight is 784 g/mol. The van der Waals surface area contributed by atoms with Gasteiger partial charge in [-0.25, -0.2) is 0 Å². The summed E-state index contributed by atoms with van der Waals surface area (Å²) < 4.78 is 0. The fraction of sp³-hybridized carbons (Fsp3) is 0.236. The van der Waals surface area contributed by atoms with Crippen LogP contribution in [0.25, 0.3) is 34.9 Å². The first kappa shape index (κ1) is 39.0. The Morgan fingerprint density at radius 3 is 1.53 bits per heavy atom. The molecule has 0 saturated heterocycles. The van der Waals surface area contributed by atoms with Crippen LogP contribution in [0.1, 0.15) is 103 Å². The Labute approximate surface area is 349 Å². The van der Waals surface area contributed by atoms with Gasteiger partial charge < -0.3 is 0 Å². The summed E-state index contributed by atoms with van der Waals surface area (Å²) in [4.78, 5) is 0. The van der Waals surface area contributed by atoms with Gasteiger partial charge in [-0.05, 0) is 167 Å². The quantitative estimate of drug-likeness (QED) is 0.151. The van der Waals surface area contributed by atoms with Gasteiger partial charge in [-0.1, -0.05) is 168 Å². The van der Waals surface area contributed by atoms with Crippen molar-refractivity contribution in [2.75, 3.05) is 0 Å². The van der Waals surface area contributed by atoms with Crippen molar-refractivity contribution in [3.8, 4) is 22.3 Å². The van der Waals surface area contributed by atoms with Crippen molar-refractivity contribution in [3.05, 3.63) is 208 Å². The van der Waals surface area contributed by atoms with Gasteiger partial charge >= 0.3 is 0 Å². The second-order valence-corrected chi connectivity index (χ2v) is 19.0. The summed E-state index contributed by atoms with van der Waals surface area (Å²) in [6, 6.07) is 34.7. The zero-order valence-electron chi connectivity index (χ0n) is 34.6. The average Bonchev–Trinajstić information content (AvgIpc) is 3.83. The van der Waals surface area contributed by atoms with E-state index in [1.54, 1.807) is 0 Å². The van der Waals surface area contributed by atoms with Crippen LogP contribution in [-0.4, -0.2) is 0 Å². The minimum absolute atomic E-state index is 0.123. The van der Waals surface area contributed by atoms with E-state index >= 15 is 0 Å². The smallest absolute Gasteiger partial charge is 0.0406 e. The van der Waals surface area contributed by atoms with E-state index in [1.165, 1.54) is 93.5 Å². The molecular weight excluding hydrogens is 732 g/mol. The van der Waals surface area contributed by atoms with Gasteiger partial charge in [0.15, 0.2) is 0 Å². The van der Waals surface area contributed by atoms with E-state index in [4.69, 9.17) is 29.8 Å². The van der Waals surface area contributed by atoms with Crippen LogP contribution in [-0.2, 0) is 23.7 Å². The first-order valence-electron chi connectivity index (χ1n) is 20.2. The number of halogens is 2. The van der Waals surface area contributed by atoms with E-state index in [0.717, 1.165) is 28.1 Å². The van der Waals surface area contributed by atoms with Crippen molar-refractivity contribution >= 4 is 35.9 Å². The lowest BCUT2D eigenvalue weighted by atomic mass is 9.72. The Balaban J connectivity index is 1.68. The third-order valence-electron chi connectivity index (χ3n) is 12.0. The van der Waals surface area contributed by atoms with Crippen molar-refractivity contribution in [2.45, 2.75) is 85.0 Å². The second kappa shape index (κ2) is 14.8. The lowest BCUT2D eigenvalue weighted by Crippen LogP contribution is -2.28. The molecule has 8 rings (SSSR count). The Bertz CT molecular complexity index is 2830. The lowest BCUT2D eigenvalue weighted by molar-refractivity contribution is 0.583. The van der Waals surface area contributed by atoms with Gasteiger partial charge in [-0.2, -0.15) is 0 Å². The third-order valence-corrected chi connectivity index (χ3v) is 12.5. The van der Waals surface area contributed by atoms with Crippen LogP contribution < -0.4 is 10.4 Å². The van der Waals surface area contributed by atoms with Crippen molar-refractivity contribution in [1.29, 1.82) is 0 Å². The molecule has 0 atom stereocenters. The molecule has 2 heteroatoms. The molecule has 0 bridgehead atoms. The van der Waals surface area contributed by atoms with Gasteiger partial charge in [-0.3, -0.25) is 0 Å². The predicted molar refractivity (Wildman–Crippen MR) is 246 cm³/mol. The molecule has 0 aromatic heterocycles. The number of aryl methyl sites for hydroxylation is 2. The van der Waals surface area contributed by atoms with Gasteiger partial charge in [0.05, 0.1) is 0 Å². The number of hydrogen-bond donors (Lipinski definition) is 0. The van der Waals surface area contributed by atoms with Crippen molar-refractivity contribution in [2.24, 2.45) is 0 Å². The van der Waals surface area contributed by atoms with Gasteiger partial charge in [0.25, 0.3) is 0 Å². The van der Waals surface area contributed by atoms with E-state index in [1.807, 2.05) is 24.3 Å². The Hall–Kier alpha value is -4.88. The molecule has 57 heavy (non-hydrogen) atoms. The highest BCUT2D eigenvalue weighted by Crippen LogP contribution is 2.45. The van der Waals surface area contributed by atoms with Gasteiger partial charge in [0.2, 0.25) is 0 Å². The van der Waals surface area contributed by atoms with Crippen LogP contribution in [0, 0.1) is 24.3 Å². The Morgan fingerprint density at radius 1 is 0.561 bits per heavy atom. The van der Waals surface area contributed by atoms with E-state index < -0.39 is 0 Å². The molecule has 0 fully saturated rings. The molecule has 0 saturated carbocycles. The van der Waals surface area contributed by atoms with Crippen LogP contribution in [0.4, 0.5) is 0 Å². The van der Waals surface area contributed by atoms with Crippen LogP contribution in [0.15, 0.2) is 121 Å². The highest BCUT2D eigenvalue weighted by Gasteiger charge is 2.34. The maximum atomic E-state index is 6.51. The summed E-state index contributed by atoms with van der Waals surface area (Å²) in [5, 5.41) is 6.52. The minimum atomic E-state index is -0.207. The van der Waals surface area contributed by atoms with Gasteiger partial charge in [0, 0.05) is 16.0 Å². The molecule has 0 aliphatic heterocycles. The largest absolute Gasteiger partial charge is 0.0908 e. The van der Waals surface area contributed by atoms with Crippen LogP contribution in [0.3, 0.4) is 0 Å². The highest BCUT2D eigenvalue weighted by atomic mass is 35.5. The first-order valence-corrected chi connectivity index (χ1v) is 21.0. The van der Waals surface area contributed by atoms with Crippen LogP contribution in [0.5, 0.6) is 0 Å². The molecule has 6 aromatic rings. The third kappa shape index (κ3) is 7.07. The number of benzene rings is 6. The van der Waals surface area contributed by atoms with E-state index in [0.29, 0.717) is 0 Å². The molecule has 0 amide bonds. The minimum Gasteiger partial charge on any atom is -0.0908 e. The summed E-state index contributed by atoms with van der Waals surface area (Å²) in [6.45, 7) is 23.9. The molecule has 6 aromatic carbocycles. The van der Waals surface area contributed by atoms with Gasteiger partial charge in [0.1, 0.15) is 0 Å².